The lowest BCUT2D eigenvalue weighted by molar-refractivity contribution is -0.139. The summed E-state index contributed by atoms with van der Waals surface area (Å²) >= 11 is 2.23. The predicted octanol–water partition coefficient (Wildman–Crippen LogP) is 2.39. The average molecular weight is 306 g/mol. The van der Waals surface area contributed by atoms with Crippen LogP contribution in [0.5, 0.6) is 5.75 Å². The van der Waals surface area contributed by atoms with Crippen LogP contribution in [0.2, 0.25) is 0 Å². The molecular weight excluding hydrogens is 295 g/mol. The van der Waals surface area contributed by atoms with Gasteiger partial charge >= 0.3 is 5.97 Å². The Labute approximate surface area is 96.2 Å². The lowest BCUT2D eigenvalue weighted by atomic mass is 10.1. The lowest BCUT2D eigenvalue weighted by Crippen LogP contribution is -2.10. The van der Waals surface area contributed by atoms with Gasteiger partial charge in [0.1, 0.15) is 5.75 Å². The van der Waals surface area contributed by atoms with Gasteiger partial charge in [-0.05, 0) is 13.0 Å². The highest BCUT2D eigenvalue weighted by Crippen LogP contribution is 2.22. The smallest absolute Gasteiger partial charge is 0.341 e. The van der Waals surface area contributed by atoms with Crippen LogP contribution in [0.25, 0.3) is 0 Å². The molecule has 0 saturated heterocycles. The molecule has 0 aliphatic heterocycles. The molecule has 0 saturated carbocycles. The number of hydrogen-bond donors (Lipinski definition) is 1. The predicted molar refractivity (Wildman–Crippen MR) is 62.0 cm³/mol. The van der Waals surface area contributed by atoms with Crippen molar-refractivity contribution in [3.63, 3.8) is 0 Å². The minimum Gasteiger partial charge on any atom is -0.482 e. The van der Waals surface area contributed by atoms with Gasteiger partial charge in [-0.15, -0.1) is 0 Å². The van der Waals surface area contributed by atoms with E-state index in [1.54, 1.807) is 0 Å². The Morgan fingerprint density at radius 2 is 2.29 bits per heavy atom. The Bertz CT molecular complexity index is 336. The van der Waals surface area contributed by atoms with Gasteiger partial charge in [0.2, 0.25) is 0 Å². The van der Waals surface area contributed by atoms with E-state index in [-0.39, 0.29) is 6.61 Å². The Kier molecular flexibility index (Phi) is 4.19. The maximum absolute atomic E-state index is 10.3. The molecule has 0 aliphatic carbocycles. The van der Waals surface area contributed by atoms with Gasteiger partial charge in [-0.1, -0.05) is 40.3 Å². The Morgan fingerprint density at radius 1 is 1.57 bits per heavy atom. The molecule has 0 radical (unpaired) electrons. The van der Waals surface area contributed by atoms with E-state index < -0.39 is 5.97 Å². The van der Waals surface area contributed by atoms with Crippen molar-refractivity contribution in [3.8, 4) is 5.75 Å². The van der Waals surface area contributed by atoms with Crippen LogP contribution in [0, 0.1) is 6.92 Å². The number of aliphatic carboxylic acids is 1. The number of ether oxygens (including phenoxy) is 1. The van der Waals surface area contributed by atoms with Crippen LogP contribution in [-0.4, -0.2) is 17.7 Å². The first kappa shape index (κ1) is 11.3. The van der Waals surface area contributed by atoms with Gasteiger partial charge in [-0.2, -0.15) is 0 Å². The summed E-state index contributed by atoms with van der Waals surface area (Å²) in [5.74, 6) is -0.294. The molecule has 0 aliphatic rings. The number of halogens is 1. The van der Waals surface area contributed by atoms with Crippen molar-refractivity contribution in [2.45, 2.75) is 11.4 Å². The van der Waals surface area contributed by atoms with Gasteiger partial charge in [-0.3, -0.25) is 0 Å². The highest BCUT2D eigenvalue weighted by atomic mass is 127. The van der Waals surface area contributed by atoms with Crippen LogP contribution in [0.15, 0.2) is 18.2 Å². The standard InChI is InChI=1S/C10H11IO3/c1-7-2-3-9(8(4-7)5-11)14-6-10(12)13/h2-4H,5-6H2,1H3,(H,12,13). The maximum atomic E-state index is 10.3. The van der Waals surface area contributed by atoms with E-state index in [4.69, 9.17) is 9.84 Å². The summed E-state index contributed by atoms with van der Waals surface area (Å²) < 4.78 is 5.95. The molecule has 4 heteroatoms. The molecule has 0 unspecified atom stereocenters. The fraction of sp³-hybridized carbons (Fsp3) is 0.300. The highest BCUT2D eigenvalue weighted by molar-refractivity contribution is 14.1. The molecule has 0 atom stereocenters. The molecule has 0 spiro atoms. The SMILES string of the molecule is Cc1ccc(OCC(=O)O)c(CI)c1. The molecule has 0 heterocycles. The molecule has 0 bridgehead atoms. The van der Waals surface area contributed by atoms with E-state index in [2.05, 4.69) is 22.6 Å². The third-order valence-corrected chi connectivity index (χ3v) is 2.53. The zero-order valence-corrected chi connectivity index (χ0v) is 9.95. The number of carbonyl (C=O) groups is 1. The first-order valence-corrected chi connectivity index (χ1v) is 5.66. The number of hydrogen-bond acceptors (Lipinski definition) is 2. The van der Waals surface area contributed by atoms with Crippen LogP contribution >= 0.6 is 22.6 Å². The van der Waals surface area contributed by atoms with Gasteiger partial charge in [0, 0.05) is 9.99 Å². The Morgan fingerprint density at radius 3 is 2.86 bits per heavy atom. The third-order valence-electron chi connectivity index (χ3n) is 1.71. The summed E-state index contributed by atoms with van der Waals surface area (Å²) in [7, 11) is 0. The minimum atomic E-state index is -0.954. The molecule has 1 aromatic rings. The maximum Gasteiger partial charge on any atom is 0.341 e. The van der Waals surface area contributed by atoms with Gasteiger partial charge in [-0.25, -0.2) is 4.79 Å². The molecule has 0 fully saturated rings. The summed E-state index contributed by atoms with van der Waals surface area (Å²) in [6, 6.07) is 5.73. The first-order chi connectivity index (χ1) is 6.63. The minimum absolute atomic E-state index is 0.285. The summed E-state index contributed by atoms with van der Waals surface area (Å²) in [6.45, 7) is 1.71. The largest absolute Gasteiger partial charge is 0.482 e. The topological polar surface area (TPSA) is 46.5 Å². The van der Waals surface area contributed by atoms with Crippen LogP contribution in [0.3, 0.4) is 0 Å². The summed E-state index contributed by atoms with van der Waals surface area (Å²) in [5, 5.41) is 8.47. The van der Waals surface area contributed by atoms with Crippen LogP contribution in [0.1, 0.15) is 11.1 Å². The van der Waals surface area contributed by atoms with Crippen molar-refractivity contribution in [2.75, 3.05) is 6.61 Å². The normalized spacial score (nSPS) is 9.86. The van der Waals surface area contributed by atoms with E-state index in [0.29, 0.717) is 5.75 Å². The molecule has 76 valence electrons. The zero-order chi connectivity index (χ0) is 10.6. The number of aryl methyl sites for hydroxylation is 1. The Balaban J connectivity index is 2.80. The fourth-order valence-electron chi connectivity index (χ4n) is 1.09. The average Bonchev–Trinajstić information content (AvgIpc) is 2.15. The van der Waals surface area contributed by atoms with Crippen molar-refractivity contribution >= 4 is 28.6 Å². The van der Waals surface area contributed by atoms with E-state index in [1.807, 2.05) is 25.1 Å². The van der Waals surface area contributed by atoms with Gasteiger partial charge < -0.3 is 9.84 Å². The van der Waals surface area contributed by atoms with Gasteiger partial charge in [0.25, 0.3) is 0 Å². The van der Waals surface area contributed by atoms with Crippen molar-refractivity contribution in [1.82, 2.24) is 0 Å². The highest BCUT2D eigenvalue weighted by Gasteiger charge is 2.04. The fourth-order valence-corrected chi connectivity index (χ4v) is 1.69. The summed E-state index contributed by atoms with van der Waals surface area (Å²) in [5.41, 5.74) is 2.19. The molecule has 3 nitrogen and oxygen atoms in total. The van der Waals surface area contributed by atoms with Crippen LogP contribution in [-0.2, 0) is 9.22 Å². The van der Waals surface area contributed by atoms with Crippen LogP contribution in [0.4, 0.5) is 0 Å². The van der Waals surface area contributed by atoms with Crippen molar-refractivity contribution < 1.29 is 14.6 Å². The Hall–Kier alpha value is -0.780. The van der Waals surface area contributed by atoms with Gasteiger partial charge in [0.05, 0.1) is 0 Å². The second-order valence-corrected chi connectivity index (χ2v) is 3.69. The van der Waals surface area contributed by atoms with Crippen molar-refractivity contribution in [3.05, 3.63) is 29.3 Å². The molecule has 0 amide bonds. The van der Waals surface area contributed by atoms with Gasteiger partial charge in [0.15, 0.2) is 6.61 Å². The molecule has 1 rings (SSSR count). The summed E-state index contributed by atoms with van der Waals surface area (Å²) in [4.78, 5) is 10.3. The van der Waals surface area contributed by atoms with Crippen LogP contribution < -0.4 is 4.74 Å². The second kappa shape index (κ2) is 5.19. The van der Waals surface area contributed by atoms with E-state index in [1.165, 1.54) is 0 Å². The number of carboxylic acids is 1. The van der Waals surface area contributed by atoms with Crippen molar-refractivity contribution in [1.29, 1.82) is 0 Å². The van der Waals surface area contributed by atoms with E-state index in [0.717, 1.165) is 15.6 Å². The third kappa shape index (κ3) is 3.17. The number of benzene rings is 1. The number of carboxylic acid groups (broad SMARTS) is 1. The zero-order valence-electron chi connectivity index (χ0n) is 7.79. The molecule has 1 aromatic carbocycles. The monoisotopic (exact) mass is 306 g/mol. The summed E-state index contributed by atoms with van der Waals surface area (Å²) in [6.07, 6.45) is 0. The van der Waals surface area contributed by atoms with E-state index >= 15 is 0 Å². The van der Waals surface area contributed by atoms with E-state index in [9.17, 15) is 4.79 Å². The first-order valence-electron chi connectivity index (χ1n) is 4.13. The number of alkyl halides is 1. The number of rotatable bonds is 4. The molecular formula is C10H11IO3. The second-order valence-electron chi connectivity index (χ2n) is 2.93. The molecule has 1 N–H and O–H groups in total. The quantitative estimate of drug-likeness (QED) is 0.686. The lowest BCUT2D eigenvalue weighted by Gasteiger charge is -2.08. The van der Waals surface area contributed by atoms with Crippen molar-refractivity contribution in [2.24, 2.45) is 0 Å². The molecule has 0 aromatic heterocycles. The molecule has 14 heavy (non-hydrogen) atoms.